The SMILES string of the molecule is COc1cc(B2OC(C)(C)C(C)(C)O2)c(C)cc1B1OC(C)(C)C(C)(C)O1. The van der Waals surface area contributed by atoms with Crippen LogP contribution in [0.3, 0.4) is 0 Å². The molecule has 0 amide bonds. The summed E-state index contributed by atoms with van der Waals surface area (Å²) >= 11 is 0. The molecule has 2 heterocycles. The van der Waals surface area contributed by atoms with Gasteiger partial charge in [0.2, 0.25) is 0 Å². The number of methoxy groups -OCH3 is 1. The summed E-state index contributed by atoms with van der Waals surface area (Å²) in [5, 5.41) is 0. The quantitative estimate of drug-likeness (QED) is 0.762. The van der Waals surface area contributed by atoms with Crippen LogP contribution in [-0.4, -0.2) is 43.8 Å². The molecule has 0 bridgehead atoms. The fourth-order valence-electron chi connectivity index (χ4n) is 3.28. The van der Waals surface area contributed by atoms with Crippen LogP contribution >= 0.6 is 0 Å². The highest BCUT2D eigenvalue weighted by atomic mass is 16.7. The second-order valence-electron chi connectivity index (χ2n) is 9.63. The summed E-state index contributed by atoms with van der Waals surface area (Å²) in [6.45, 7) is 18.5. The molecule has 2 fully saturated rings. The van der Waals surface area contributed by atoms with Crippen molar-refractivity contribution in [3.8, 4) is 5.75 Å². The summed E-state index contributed by atoms with van der Waals surface area (Å²) in [6, 6.07) is 4.04. The van der Waals surface area contributed by atoms with Crippen LogP contribution in [0.4, 0.5) is 0 Å². The minimum absolute atomic E-state index is 0.387. The van der Waals surface area contributed by atoms with Crippen LogP contribution < -0.4 is 15.7 Å². The lowest BCUT2D eigenvalue weighted by atomic mass is 9.70. The molecule has 1 aromatic carbocycles. The Morgan fingerprint density at radius 2 is 1.04 bits per heavy atom. The Morgan fingerprint density at radius 3 is 1.41 bits per heavy atom. The average Bonchev–Trinajstić information content (AvgIpc) is 2.86. The third-order valence-electron chi connectivity index (χ3n) is 6.63. The van der Waals surface area contributed by atoms with Gasteiger partial charge in [-0.1, -0.05) is 11.6 Å². The minimum atomic E-state index is -0.476. The monoisotopic (exact) mass is 374 g/mol. The first-order valence-electron chi connectivity index (χ1n) is 9.60. The van der Waals surface area contributed by atoms with Gasteiger partial charge in [0, 0.05) is 5.46 Å². The second-order valence-corrected chi connectivity index (χ2v) is 9.63. The average molecular weight is 374 g/mol. The van der Waals surface area contributed by atoms with E-state index in [0.29, 0.717) is 5.75 Å². The first-order chi connectivity index (χ1) is 12.2. The summed E-state index contributed by atoms with van der Waals surface area (Å²) in [6.07, 6.45) is 0. The number of benzene rings is 1. The Hall–Kier alpha value is -1.01. The molecule has 0 saturated carbocycles. The molecular weight excluding hydrogens is 342 g/mol. The van der Waals surface area contributed by atoms with Crippen molar-refractivity contribution in [3.63, 3.8) is 0 Å². The van der Waals surface area contributed by atoms with Crippen molar-refractivity contribution in [1.29, 1.82) is 0 Å². The summed E-state index contributed by atoms with van der Waals surface area (Å²) in [5.74, 6) is 0.712. The molecule has 0 spiro atoms. The van der Waals surface area contributed by atoms with E-state index in [1.807, 2.05) is 33.8 Å². The Labute approximate surface area is 164 Å². The number of aryl methyl sites for hydroxylation is 1. The van der Waals surface area contributed by atoms with Gasteiger partial charge in [-0.25, -0.2) is 0 Å². The first-order valence-corrected chi connectivity index (χ1v) is 9.60. The van der Waals surface area contributed by atoms with E-state index in [1.165, 1.54) is 0 Å². The van der Waals surface area contributed by atoms with Gasteiger partial charge >= 0.3 is 14.2 Å². The Kier molecular flexibility index (Phi) is 4.79. The van der Waals surface area contributed by atoms with Crippen molar-refractivity contribution >= 4 is 25.2 Å². The van der Waals surface area contributed by atoms with Gasteiger partial charge in [-0.15, -0.1) is 0 Å². The summed E-state index contributed by atoms with van der Waals surface area (Å²) in [4.78, 5) is 0. The molecular formula is C20H32B2O5. The molecule has 0 atom stereocenters. The third-order valence-corrected chi connectivity index (χ3v) is 6.63. The molecule has 0 aliphatic carbocycles. The highest BCUT2D eigenvalue weighted by Gasteiger charge is 2.54. The van der Waals surface area contributed by atoms with Crippen molar-refractivity contribution < 1.29 is 23.4 Å². The number of hydrogen-bond acceptors (Lipinski definition) is 5. The van der Waals surface area contributed by atoms with E-state index in [4.69, 9.17) is 23.4 Å². The molecule has 7 heteroatoms. The van der Waals surface area contributed by atoms with E-state index in [9.17, 15) is 0 Å². The van der Waals surface area contributed by atoms with E-state index in [0.717, 1.165) is 16.5 Å². The molecule has 0 aromatic heterocycles. The van der Waals surface area contributed by atoms with Gasteiger partial charge in [0.05, 0.1) is 29.5 Å². The fraction of sp³-hybridized carbons (Fsp3) is 0.700. The van der Waals surface area contributed by atoms with Gasteiger partial charge in [-0.2, -0.15) is 0 Å². The predicted molar refractivity (Wildman–Crippen MR) is 109 cm³/mol. The van der Waals surface area contributed by atoms with Gasteiger partial charge in [0.1, 0.15) is 5.75 Å². The maximum absolute atomic E-state index is 6.22. The van der Waals surface area contributed by atoms with Gasteiger partial charge in [-0.3, -0.25) is 0 Å². The molecule has 1 aromatic rings. The zero-order valence-corrected chi connectivity index (χ0v) is 18.4. The molecule has 0 radical (unpaired) electrons. The maximum Gasteiger partial charge on any atom is 0.498 e. The van der Waals surface area contributed by atoms with Crippen molar-refractivity contribution in [2.75, 3.05) is 7.11 Å². The zero-order valence-electron chi connectivity index (χ0n) is 18.4. The molecule has 0 unspecified atom stereocenters. The normalized spacial score (nSPS) is 25.1. The summed E-state index contributed by atoms with van der Waals surface area (Å²) in [5.41, 5.74) is 1.32. The van der Waals surface area contributed by atoms with Gasteiger partial charge < -0.3 is 23.4 Å². The van der Waals surface area contributed by atoms with Crippen molar-refractivity contribution in [2.45, 2.75) is 84.7 Å². The Morgan fingerprint density at radius 1 is 0.667 bits per heavy atom. The number of ether oxygens (including phenoxy) is 1. The minimum Gasteiger partial charge on any atom is -0.497 e. The van der Waals surface area contributed by atoms with Crippen LogP contribution in [0.25, 0.3) is 0 Å². The van der Waals surface area contributed by atoms with Crippen LogP contribution in [0.5, 0.6) is 5.75 Å². The largest absolute Gasteiger partial charge is 0.498 e. The number of rotatable bonds is 3. The lowest BCUT2D eigenvalue weighted by Crippen LogP contribution is -2.41. The van der Waals surface area contributed by atoms with E-state index >= 15 is 0 Å². The summed E-state index contributed by atoms with van der Waals surface area (Å²) < 4.78 is 30.6. The van der Waals surface area contributed by atoms with Crippen molar-refractivity contribution in [3.05, 3.63) is 17.7 Å². The van der Waals surface area contributed by atoms with Gasteiger partial charge in [0.25, 0.3) is 0 Å². The predicted octanol–water partition coefficient (Wildman–Crippen LogP) is 2.60. The van der Waals surface area contributed by atoms with Gasteiger partial charge in [-0.05, 0) is 73.8 Å². The maximum atomic E-state index is 6.22. The van der Waals surface area contributed by atoms with Crippen LogP contribution in [0, 0.1) is 6.92 Å². The molecule has 148 valence electrons. The Bertz CT molecular complexity index is 710. The highest BCUT2D eigenvalue weighted by Crippen LogP contribution is 2.38. The van der Waals surface area contributed by atoms with E-state index < -0.39 is 25.4 Å². The standard InChI is InChI=1S/C20H32B2O5/c1-13-11-15(22-26-19(6,7)20(8,9)27-22)16(23-10)12-14(13)21-24-17(2,3)18(4,5)25-21/h11-12H,1-10H3. The van der Waals surface area contributed by atoms with Gasteiger partial charge in [0.15, 0.2) is 0 Å². The zero-order chi connectivity index (χ0) is 20.4. The first kappa shape index (κ1) is 20.7. The van der Waals surface area contributed by atoms with Crippen molar-refractivity contribution in [2.24, 2.45) is 0 Å². The van der Waals surface area contributed by atoms with Crippen LogP contribution in [0.1, 0.15) is 61.0 Å². The second kappa shape index (κ2) is 6.24. The molecule has 27 heavy (non-hydrogen) atoms. The lowest BCUT2D eigenvalue weighted by molar-refractivity contribution is 0.00578. The molecule has 3 rings (SSSR count). The molecule has 2 saturated heterocycles. The highest BCUT2D eigenvalue weighted by molar-refractivity contribution is 6.65. The molecule has 2 aliphatic heterocycles. The van der Waals surface area contributed by atoms with Crippen LogP contribution in [0.2, 0.25) is 0 Å². The van der Waals surface area contributed by atoms with E-state index in [1.54, 1.807) is 7.11 Å². The lowest BCUT2D eigenvalue weighted by Gasteiger charge is -2.32. The van der Waals surface area contributed by atoms with E-state index in [-0.39, 0.29) is 11.2 Å². The topological polar surface area (TPSA) is 46.2 Å². The fourth-order valence-corrected chi connectivity index (χ4v) is 3.28. The van der Waals surface area contributed by atoms with Crippen molar-refractivity contribution in [1.82, 2.24) is 0 Å². The van der Waals surface area contributed by atoms with E-state index in [2.05, 4.69) is 40.7 Å². The summed E-state index contributed by atoms with van der Waals surface area (Å²) in [7, 11) is 0.750. The van der Waals surface area contributed by atoms with Crippen LogP contribution in [0.15, 0.2) is 12.1 Å². The third kappa shape index (κ3) is 3.33. The Balaban J connectivity index is 1.96. The molecule has 0 N–H and O–H groups in total. The van der Waals surface area contributed by atoms with Crippen LogP contribution in [-0.2, 0) is 18.6 Å². The number of hydrogen-bond donors (Lipinski definition) is 0. The molecule has 5 nitrogen and oxygen atoms in total. The smallest absolute Gasteiger partial charge is 0.497 e. The molecule has 2 aliphatic rings.